The van der Waals surface area contributed by atoms with Crippen LogP contribution < -0.4 is 0 Å². The molecule has 1 heterocycles. The highest BCUT2D eigenvalue weighted by molar-refractivity contribution is 9.10. The fourth-order valence-corrected chi connectivity index (χ4v) is 3.05. The van der Waals surface area contributed by atoms with Crippen LogP contribution in [0.3, 0.4) is 0 Å². The minimum Gasteiger partial charge on any atom is -0.464 e. The number of halogens is 2. The first-order chi connectivity index (χ1) is 10.6. The summed E-state index contributed by atoms with van der Waals surface area (Å²) in [5, 5.41) is 11.4. The molecule has 4 nitrogen and oxygen atoms in total. The topological polar surface area (TPSA) is 62.3 Å². The van der Waals surface area contributed by atoms with Crippen molar-refractivity contribution in [1.29, 1.82) is 0 Å². The van der Waals surface area contributed by atoms with Crippen LogP contribution in [0.4, 0.5) is 0 Å². The Morgan fingerprint density at radius 2 is 2.05 bits per heavy atom. The molecule has 0 saturated heterocycles. The number of H-pyrrole nitrogens is 1. The Kier molecular flexibility index (Phi) is 6.06. The molecule has 0 amide bonds. The van der Waals surface area contributed by atoms with Gasteiger partial charge in [-0.25, -0.2) is 0 Å². The molecule has 6 heteroatoms. The normalized spacial score (nSPS) is 15.1. The number of ether oxygens (including phenoxy) is 1. The van der Waals surface area contributed by atoms with Crippen molar-refractivity contribution in [2.24, 2.45) is 0 Å². The SMILES string of the molecule is CCC(OC=O)C(c1c[nH]c(Br)c1)C(O)c1ccc(Cl)cc1. The van der Waals surface area contributed by atoms with Crippen LogP contribution in [0.15, 0.2) is 41.1 Å². The van der Waals surface area contributed by atoms with Crippen molar-refractivity contribution in [2.45, 2.75) is 31.5 Å². The molecule has 3 unspecified atom stereocenters. The predicted octanol–water partition coefficient (Wildman–Crippen LogP) is 4.20. The Balaban J connectivity index is 2.38. The number of carbonyl (C=O) groups is 1. The van der Waals surface area contributed by atoms with Crippen LogP contribution in [0.2, 0.25) is 5.02 Å². The van der Waals surface area contributed by atoms with Gasteiger partial charge in [0.25, 0.3) is 6.47 Å². The summed E-state index contributed by atoms with van der Waals surface area (Å²) in [5.74, 6) is -0.376. The zero-order valence-electron chi connectivity index (χ0n) is 12.0. The second-order valence-electron chi connectivity index (χ2n) is 4.98. The van der Waals surface area contributed by atoms with Gasteiger partial charge in [-0.05, 0) is 51.7 Å². The van der Waals surface area contributed by atoms with E-state index in [9.17, 15) is 9.90 Å². The lowest BCUT2D eigenvalue weighted by Crippen LogP contribution is -2.26. The summed E-state index contributed by atoms with van der Waals surface area (Å²) in [4.78, 5) is 13.8. The molecule has 0 saturated carbocycles. The number of benzene rings is 1. The van der Waals surface area contributed by atoms with Gasteiger partial charge in [-0.1, -0.05) is 30.7 Å². The maximum Gasteiger partial charge on any atom is 0.293 e. The molecule has 3 atom stereocenters. The Hall–Kier alpha value is -1.30. The van der Waals surface area contributed by atoms with Crippen LogP contribution >= 0.6 is 27.5 Å². The van der Waals surface area contributed by atoms with E-state index in [4.69, 9.17) is 16.3 Å². The van der Waals surface area contributed by atoms with Crippen LogP contribution in [0.1, 0.15) is 36.5 Å². The van der Waals surface area contributed by atoms with Gasteiger partial charge in [-0.15, -0.1) is 0 Å². The van der Waals surface area contributed by atoms with Gasteiger partial charge in [0, 0.05) is 11.2 Å². The molecule has 0 bridgehead atoms. The van der Waals surface area contributed by atoms with Gasteiger partial charge in [0.2, 0.25) is 0 Å². The molecule has 0 aliphatic rings. The van der Waals surface area contributed by atoms with Crippen molar-refractivity contribution < 1.29 is 14.6 Å². The second kappa shape index (κ2) is 7.81. The van der Waals surface area contributed by atoms with Gasteiger partial charge in [-0.2, -0.15) is 0 Å². The molecule has 2 aromatic rings. The number of aliphatic hydroxyl groups excluding tert-OH is 1. The van der Waals surface area contributed by atoms with Crippen molar-refractivity contribution in [3.63, 3.8) is 0 Å². The van der Waals surface area contributed by atoms with Crippen molar-refractivity contribution >= 4 is 34.0 Å². The van der Waals surface area contributed by atoms with Crippen LogP contribution in [0, 0.1) is 0 Å². The second-order valence-corrected chi connectivity index (χ2v) is 6.27. The Labute approximate surface area is 142 Å². The van der Waals surface area contributed by atoms with Crippen molar-refractivity contribution in [1.82, 2.24) is 4.98 Å². The maximum absolute atomic E-state index is 10.8. The van der Waals surface area contributed by atoms with Crippen molar-refractivity contribution in [2.75, 3.05) is 0 Å². The van der Waals surface area contributed by atoms with E-state index in [1.807, 2.05) is 13.0 Å². The molecule has 0 spiro atoms. The molecule has 0 radical (unpaired) electrons. The van der Waals surface area contributed by atoms with E-state index < -0.39 is 12.2 Å². The largest absolute Gasteiger partial charge is 0.464 e. The zero-order chi connectivity index (χ0) is 16.1. The molecule has 1 aromatic heterocycles. The van der Waals surface area contributed by atoms with E-state index in [0.717, 1.165) is 15.7 Å². The number of rotatable bonds is 7. The highest BCUT2D eigenvalue weighted by Gasteiger charge is 2.32. The number of carbonyl (C=O) groups excluding carboxylic acids is 1. The third kappa shape index (κ3) is 3.91. The monoisotopic (exact) mass is 385 g/mol. The summed E-state index contributed by atoms with van der Waals surface area (Å²) < 4.78 is 5.99. The highest BCUT2D eigenvalue weighted by atomic mass is 79.9. The zero-order valence-corrected chi connectivity index (χ0v) is 14.3. The van der Waals surface area contributed by atoms with Crippen molar-refractivity contribution in [3.8, 4) is 0 Å². The molecule has 2 rings (SSSR count). The summed E-state index contributed by atoms with van der Waals surface area (Å²) in [6.45, 7) is 2.34. The van der Waals surface area contributed by atoms with Gasteiger partial charge in [0.15, 0.2) is 0 Å². The van der Waals surface area contributed by atoms with Crippen LogP contribution in [0.25, 0.3) is 0 Å². The summed E-state index contributed by atoms with van der Waals surface area (Å²) in [6, 6.07) is 8.88. The number of aromatic nitrogens is 1. The first-order valence-electron chi connectivity index (χ1n) is 6.93. The highest BCUT2D eigenvalue weighted by Crippen LogP contribution is 2.37. The summed E-state index contributed by atoms with van der Waals surface area (Å²) in [5.41, 5.74) is 1.59. The van der Waals surface area contributed by atoms with E-state index in [2.05, 4.69) is 20.9 Å². The summed E-state index contributed by atoms with van der Waals surface area (Å²) >= 11 is 9.25. The number of aromatic amines is 1. The fourth-order valence-electron chi connectivity index (χ4n) is 2.55. The first kappa shape index (κ1) is 17.1. The minimum atomic E-state index is -0.815. The maximum atomic E-state index is 10.8. The number of aliphatic hydroxyl groups is 1. The van der Waals surface area contributed by atoms with Crippen LogP contribution in [0.5, 0.6) is 0 Å². The summed E-state index contributed by atoms with van der Waals surface area (Å²) in [7, 11) is 0. The average Bonchev–Trinajstić information content (AvgIpc) is 2.93. The van der Waals surface area contributed by atoms with E-state index in [0.29, 0.717) is 17.9 Å². The molecule has 0 fully saturated rings. The van der Waals surface area contributed by atoms with Gasteiger partial charge in [-0.3, -0.25) is 4.79 Å². The van der Waals surface area contributed by atoms with E-state index in [-0.39, 0.29) is 5.92 Å². The quantitative estimate of drug-likeness (QED) is 0.701. The van der Waals surface area contributed by atoms with E-state index in [1.54, 1.807) is 30.5 Å². The molecule has 22 heavy (non-hydrogen) atoms. The number of hydrogen-bond acceptors (Lipinski definition) is 3. The summed E-state index contributed by atoms with van der Waals surface area (Å²) in [6.07, 6.45) is 1.15. The van der Waals surface area contributed by atoms with Gasteiger partial charge in [0.1, 0.15) is 6.10 Å². The Bertz CT molecular complexity index is 614. The fraction of sp³-hybridized carbons (Fsp3) is 0.312. The molecule has 118 valence electrons. The van der Waals surface area contributed by atoms with Gasteiger partial charge < -0.3 is 14.8 Å². The smallest absolute Gasteiger partial charge is 0.293 e. The standard InChI is InChI=1S/C16H17BrClNO3/c1-2-13(22-9-20)15(11-7-14(17)19-8-11)16(21)10-3-5-12(18)6-4-10/h3-9,13,15-16,19,21H,2H2,1H3. The van der Waals surface area contributed by atoms with Gasteiger partial charge in [0.05, 0.1) is 16.6 Å². The van der Waals surface area contributed by atoms with Crippen LogP contribution in [-0.2, 0) is 9.53 Å². The van der Waals surface area contributed by atoms with Gasteiger partial charge >= 0.3 is 0 Å². The third-order valence-electron chi connectivity index (χ3n) is 3.64. The molecular weight excluding hydrogens is 370 g/mol. The molecular formula is C16H17BrClNO3. The number of hydrogen-bond donors (Lipinski definition) is 2. The van der Waals surface area contributed by atoms with E-state index >= 15 is 0 Å². The Morgan fingerprint density at radius 1 is 1.36 bits per heavy atom. The predicted molar refractivity (Wildman–Crippen MR) is 88.9 cm³/mol. The molecule has 0 aliphatic carbocycles. The minimum absolute atomic E-state index is 0.376. The lowest BCUT2D eigenvalue weighted by molar-refractivity contribution is -0.136. The first-order valence-corrected chi connectivity index (χ1v) is 8.10. The lowest BCUT2D eigenvalue weighted by Gasteiger charge is -2.29. The third-order valence-corrected chi connectivity index (χ3v) is 4.35. The molecule has 0 aliphatic heterocycles. The number of nitrogens with one attached hydrogen (secondary N) is 1. The van der Waals surface area contributed by atoms with E-state index in [1.165, 1.54) is 0 Å². The molecule has 1 aromatic carbocycles. The van der Waals surface area contributed by atoms with Crippen molar-refractivity contribution in [3.05, 3.63) is 57.3 Å². The molecule has 2 N–H and O–H groups in total. The Morgan fingerprint density at radius 3 is 2.55 bits per heavy atom. The average molecular weight is 387 g/mol. The lowest BCUT2D eigenvalue weighted by atomic mass is 9.85. The van der Waals surface area contributed by atoms with Crippen LogP contribution in [-0.4, -0.2) is 22.7 Å².